The fourth-order valence-corrected chi connectivity index (χ4v) is 3.21. The SMILES string of the molecule is C[C@H](OC(=O)c1ccc(N2CCOCC2)cc1)c1nc2ccccc2c(=O)[nH]1. The number of hydrogen-bond acceptors (Lipinski definition) is 6. The molecular weight excluding hydrogens is 358 g/mol. The fourth-order valence-electron chi connectivity index (χ4n) is 3.21. The number of rotatable bonds is 4. The summed E-state index contributed by atoms with van der Waals surface area (Å²) in [5.41, 5.74) is 1.82. The Hall–Kier alpha value is -3.19. The van der Waals surface area contributed by atoms with Gasteiger partial charge in [-0.15, -0.1) is 0 Å². The van der Waals surface area contributed by atoms with Gasteiger partial charge in [0.2, 0.25) is 0 Å². The number of anilines is 1. The maximum absolute atomic E-state index is 12.5. The second kappa shape index (κ2) is 7.82. The van der Waals surface area contributed by atoms with Crippen LogP contribution in [0.4, 0.5) is 5.69 Å². The van der Waals surface area contributed by atoms with Crippen LogP contribution in [0.1, 0.15) is 29.2 Å². The lowest BCUT2D eigenvalue weighted by atomic mass is 10.2. The summed E-state index contributed by atoms with van der Waals surface area (Å²) in [5.74, 6) is -0.140. The van der Waals surface area contributed by atoms with E-state index in [1.165, 1.54) is 0 Å². The van der Waals surface area contributed by atoms with Gasteiger partial charge in [-0.05, 0) is 43.3 Å². The number of carbonyl (C=O) groups is 1. The predicted octanol–water partition coefficient (Wildman–Crippen LogP) is 2.68. The van der Waals surface area contributed by atoms with Crippen LogP contribution in [-0.2, 0) is 9.47 Å². The van der Waals surface area contributed by atoms with Gasteiger partial charge >= 0.3 is 5.97 Å². The number of fused-ring (bicyclic) bond motifs is 1. The summed E-state index contributed by atoms with van der Waals surface area (Å²) in [5, 5.41) is 0.503. The van der Waals surface area contributed by atoms with Gasteiger partial charge in [-0.1, -0.05) is 12.1 Å². The van der Waals surface area contributed by atoms with Gasteiger partial charge in [0.15, 0.2) is 11.9 Å². The van der Waals surface area contributed by atoms with E-state index in [1.54, 1.807) is 37.3 Å². The van der Waals surface area contributed by atoms with Crippen LogP contribution in [0.5, 0.6) is 0 Å². The quantitative estimate of drug-likeness (QED) is 0.702. The summed E-state index contributed by atoms with van der Waals surface area (Å²) < 4.78 is 10.9. The first-order valence-electron chi connectivity index (χ1n) is 9.24. The van der Waals surface area contributed by atoms with Crippen molar-refractivity contribution in [1.29, 1.82) is 0 Å². The molecule has 0 spiro atoms. The van der Waals surface area contributed by atoms with Crippen molar-refractivity contribution in [2.45, 2.75) is 13.0 Å². The summed E-state index contributed by atoms with van der Waals surface area (Å²) in [4.78, 5) is 34.0. The smallest absolute Gasteiger partial charge is 0.338 e. The van der Waals surface area contributed by atoms with Crippen molar-refractivity contribution in [1.82, 2.24) is 9.97 Å². The van der Waals surface area contributed by atoms with Crippen molar-refractivity contribution < 1.29 is 14.3 Å². The molecule has 2 aromatic carbocycles. The number of aromatic amines is 1. The molecule has 28 heavy (non-hydrogen) atoms. The number of hydrogen-bond donors (Lipinski definition) is 1. The third-order valence-electron chi connectivity index (χ3n) is 4.78. The van der Waals surface area contributed by atoms with Crippen LogP contribution < -0.4 is 10.5 Å². The molecule has 144 valence electrons. The van der Waals surface area contributed by atoms with Crippen LogP contribution >= 0.6 is 0 Å². The summed E-state index contributed by atoms with van der Waals surface area (Å²) in [6, 6.07) is 14.4. The van der Waals surface area contributed by atoms with Crippen molar-refractivity contribution in [2.24, 2.45) is 0 Å². The Balaban J connectivity index is 1.48. The van der Waals surface area contributed by atoms with Crippen LogP contribution in [-0.4, -0.2) is 42.2 Å². The summed E-state index contributed by atoms with van der Waals surface area (Å²) in [6.07, 6.45) is -0.677. The number of morpholine rings is 1. The maximum Gasteiger partial charge on any atom is 0.338 e. The zero-order valence-electron chi connectivity index (χ0n) is 15.6. The molecule has 1 aromatic heterocycles. The first-order valence-corrected chi connectivity index (χ1v) is 9.24. The Kier molecular flexibility index (Phi) is 5.08. The number of para-hydroxylation sites is 1. The molecule has 3 aromatic rings. The van der Waals surface area contributed by atoms with E-state index in [1.807, 2.05) is 18.2 Å². The molecule has 0 unspecified atom stereocenters. The highest BCUT2D eigenvalue weighted by Gasteiger charge is 2.18. The maximum atomic E-state index is 12.5. The van der Waals surface area contributed by atoms with Crippen molar-refractivity contribution in [3.05, 3.63) is 70.3 Å². The van der Waals surface area contributed by atoms with Gasteiger partial charge in [-0.3, -0.25) is 4.79 Å². The van der Waals surface area contributed by atoms with Gasteiger partial charge in [0.05, 0.1) is 29.7 Å². The number of aromatic nitrogens is 2. The number of H-pyrrole nitrogens is 1. The molecular formula is C21H21N3O4. The number of nitrogens with zero attached hydrogens (tertiary/aromatic N) is 2. The summed E-state index contributed by atoms with van der Waals surface area (Å²) in [6.45, 7) is 4.77. The number of ether oxygens (including phenoxy) is 2. The van der Waals surface area contributed by atoms with E-state index < -0.39 is 12.1 Å². The van der Waals surface area contributed by atoms with E-state index in [0.717, 1.165) is 18.8 Å². The molecule has 1 aliphatic heterocycles. The molecule has 7 nitrogen and oxygen atoms in total. The Morgan fingerprint density at radius 1 is 1.14 bits per heavy atom. The third-order valence-corrected chi connectivity index (χ3v) is 4.78. The largest absolute Gasteiger partial charge is 0.451 e. The van der Waals surface area contributed by atoms with Gasteiger partial charge in [0, 0.05) is 18.8 Å². The second-order valence-corrected chi connectivity index (χ2v) is 6.66. The molecule has 0 amide bonds. The average molecular weight is 379 g/mol. The highest BCUT2D eigenvalue weighted by Crippen LogP contribution is 2.20. The highest BCUT2D eigenvalue weighted by molar-refractivity contribution is 5.90. The van der Waals surface area contributed by atoms with Crippen molar-refractivity contribution in [3.8, 4) is 0 Å². The number of nitrogens with one attached hydrogen (secondary N) is 1. The lowest BCUT2D eigenvalue weighted by molar-refractivity contribution is 0.0320. The molecule has 0 radical (unpaired) electrons. The molecule has 1 aliphatic rings. The van der Waals surface area contributed by atoms with Crippen LogP contribution in [0.25, 0.3) is 10.9 Å². The normalized spacial score (nSPS) is 15.4. The zero-order chi connectivity index (χ0) is 19.5. The molecule has 1 fully saturated rings. The minimum absolute atomic E-state index is 0.252. The summed E-state index contributed by atoms with van der Waals surface area (Å²) >= 11 is 0. The first-order chi connectivity index (χ1) is 13.6. The average Bonchev–Trinajstić information content (AvgIpc) is 2.74. The minimum atomic E-state index is -0.677. The minimum Gasteiger partial charge on any atom is -0.451 e. The monoisotopic (exact) mass is 379 g/mol. The van der Waals surface area contributed by atoms with E-state index in [0.29, 0.717) is 35.5 Å². The Bertz CT molecular complexity index is 1040. The molecule has 7 heteroatoms. The van der Waals surface area contributed by atoms with Crippen LogP contribution in [0, 0.1) is 0 Å². The predicted molar refractivity (Wildman–Crippen MR) is 106 cm³/mol. The van der Waals surface area contributed by atoms with Crippen LogP contribution in [0.15, 0.2) is 53.3 Å². The molecule has 0 saturated carbocycles. The Morgan fingerprint density at radius 2 is 1.86 bits per heavy atom. The van der Waals surface area contributed by atoms with E-state index >= 15 is 0 Å². The third kappa shape index (κ3) is 3.75. The van der Waals surface area contributed by atoms with Crippen molar-refractivity contribution in [2.75, 3.05) is 31.2 Å². The standard InChI is InChI=1S/C21H21N3O4/c1-14(19-22-18-5-3-2-4-17(18)20(25)23-19)28-21(26)15-6-8-16(9-7-15)24-10-12-27-13-11-24/h2-9,14H,10-13H2,1H3,(H,22,23,25)/t14-/m0/s1. The number of esters is 1. The molecule has 1 atom stereocenters. The molecule has 1 N–H and O–H groups in total. The summed E-state index contributed by atoms with van der Waals surface area (Å²) in [7, 11) is 0. The first kappa shape index (κ1) is 18.2. The Morgan fingerprint density at radius 3 is 2.61 bits per heavy atom. The number of benzene rings is 2. The lowest BCUT2D eigenvalue weighted by Crippen LogP contribution is -2.36. The van der Waals surface area contributed by atoms with Crippen LogP contribution in [0.2, 0.25) is 0 Å². The molecule has 0 aliphatic carbocycles. The lowest BCUT2D eigenvalue weighted by Gasteiger charge is -2.28. The van der Waals surface area contributed by atoms with E-state index in [9.17, 15) is 9.59 Å². The van der Waals surface area contributed by atoms with E-state index in [-0.39, 0.29) is 5.56 Å². The van der Waals surface area contributed by atoms with Crippen LogP contribution in [0.3, 0.4) is 0 Å². The molecule has 1 saturated heterocycles. The highest BCUT2D eigenvalue weighted by atomic mass is 16.5. The molecule has 2 heterocycles. The topological polar surface area (TPSA) is 84.5 Å². The van der Waals surface area contributed by atoms with Gasteiger partial charge in [0.1, 0.15) is 0 Å². The van der Waals surface area contributed by atoms with Gasteiger partial charge in [-0.25, -0.2) is 9.78 Å². The van der Waals surface area contributed by atoms with Crippen molar-refractivity contribution >= 4 is 22.6 Å². The fraction of sp³-hybridized carbons (Fsp3) is 0.286. The molecule has 4 rings (SSSR count). The van der Waals surface area contributed by atoms with E-state index in [2.05, 4.69) is 14.9 Å². The Labute approximate surface area is 161 Å². The zero-order valence-corrected chi connectivity index (χ0v) is 15.6. The number of carbonyl (C=O) groups excluding carboxylic acids is 1. The van der Waals surface area contributed by atoms with E-state index in [4.69, 9.17) is 9.47 Å². The van der Waals surface area contributed by atoms with Gasteiger partial charge in [0.25, 0.3) is 5.56 Å². The second-order valence-electron chi connectivity index (χ2n) is 6.66. The van der Waals surface area contributed by atoms with Crippen molar-refractivity contribution in [3.63, 3.8) is 0 Å². The molecule has 0 bridgehead atoms. The van der Waals surface area contributed by atoms with Gasteiger partial charge < -0.3 is 19.4 Å². The van der Waals surface area contributed by atoms with Gasteiger partial charge in [-0.2, -0.15) is 0 Å².